The standard InChI is InChI=1S/C23H27Cl2N3O6S/c1-4-19(23(30)26-5-2)27(12-15-6-7-16(24)10-18(15)25)22(29)13-28(35(3,31)32)17-8-9-20-21(11-17)34-14-33-20/h6-11,19H,4-5,12-14H2,1-3H3,(H,26,30)/t19-/m1/s1. The highest BCUT2D eigenvalue weighted by Crippen LogP contribution is 2.36. The quantitative estimate of drug-likeness (QED) is 0.492. The first kappa shape index (κ1) is 26.9. The lowest BCUT2D eigenvalue weighted by atomic mass is 10.1. The van der Waals surface area contributed by atoms with Gasteiger partial charge >= 0.3 is 0 Å². The first-order valence-electron chi connectivity index (χ1n) is 10.9. The van der Waals surface area contributed by atoms with Gasteiger partial charge in [-0.05, 0) is 43.2 Å². The summed E-state index contributed by atoms with van der Waals surface area (Å²) in [6.45, 7) is 3.42. The molecule has 2 amide bonds. The Morgan fingerprint density at radius 3 is 2.43 bits per heavy atom. The summed E-state index contributed by atoms with van der Waals surface area (Å²) in [5.41, 5.74) is 0.807. The van der Waals surface area contributed by atoms with E-state index in [1.807, 2.05) is 0 Å². The third-order valence-corrected chi connectivity index (χ3v) is 7.14. The molecule has 0 saturated heterocycles. The van der Waals surface area contributed by atoms with Crippen molar-refractivity contribution in [1.29, 1.82) is 0 Å². The van der Waals surface area contributed by atoms with Crippen molar-refractivity contribution in [3.05, 3.63) is 52.0 Å². The molecule has 9 nitrogen and oxygen atoms in total. The lowest BCUT2D eigenvalue weighted by molar-refractivity contribution is -0.140. The predicted molar refractivity (Wildman–Crippen MR) is 135 cm³/mol. The Balaban J connectivity index is 1.97. The summed E-state index contributed by atoms with van der Waals surface area (Å²) in [5.74, 6) is -0.0587. The lowest BCUT2D eigenvalue weighted by Crippen LogP contribution is -2.52. The van der Waals surface area contributed by atoms with Gasteiger partial charge in [-0.1, -0.05) is 36.2 Å². The Morgan fingerprint density at radius 2 is 1.80 bits per heavy atom. The number of hydrogen-bond acceptors (Lipinski definition) is 6. The maximum absolute atomic E-state index is 13.6. The molecule has 0 fully saturated rings. The fraction of sp³-hybridized carbons (Fsp3) is 0.391. The van der Waals surface area contributed by atoms with Crippen LogP contribution in [0.2, 0.25) is 10.0 Å². The molecule has 0 aliphatic carbocycles. The molecule has 0 aromatic heterocycles. The summed E-state index contributed by atoms with van der Waals surface area (Å²) in [4.78, 5) is 27.8. The van der Waals surface area contributed by atoms with Crippen molar-refractivity contribution in [1.82, 2.24) is 10.2 Å². The zero-order chi connectivity index (χ0) is 25.8. The Hall–Kier alpha value is -2.69. The summed E-state index contributed by atoms with van der Waals surface area (Å²) >= 11 is 12.3. The SMILES string of the molecule is CCNC(=O)[C@@H](CC)N(Cc1ccc(Cl)cc1Cl)C(=O)CN(c1ccc2c(c1)OCO2)S(C)(=O)=O. The predicted octanol–water partition coefficient (Wildman–Crippen LogP) is 3.43. The minimum absolute atomic E-state index is 0.0107. The van der Waals surface area contributed by atoms with Gasteiger partial charge in [0.1, 0.15) is 12.6 Å². The van der Waals surface area contributed by atoms with Gasteiger partial charge in [0, 0.05) is 29.2 Å². The first-order valence-corrected chi connectivity index (χ1v) is 13.5. The molecule has 0 saturated carbocycles. The molecule has 2 aromatic carbocycles. The lowest BCUT2D eigenvalue weighted by Gasteiger charge is -2.33. The van der Waals surface area contributed by atoms with Crippen LogP contribution < -0.4 is 19.1 Å². The van der Waals surface area contributed by atoms with E-state index in [-0.39, 0.29) is 24.9 Å². The monoisotopic (exact) mass is 543 g/mol. The van der Waals surface area contributed by atoms with Crippen LogP contribution in [-0.4, -0.2) is 57.3 Å². The molecule has 190 valence electrons. The van der Waals surface area contributed by atoms with Gasteiger partial charge in [0.2, 0.25) is 28.6 Å². The highest BCUT2D eigenvalue weighted by Gasteiger charge is 2.32. The van der Waals surface area contributed by atoms with E-state index in [2.05, 4.69) is 5.32 Å². The van der Waals surface area contributed by atoms with Crippen LogP contribution in [0.25, 0.3) is 0 Å². The van der Waals surface area contributed by atoms with E-state index in [1.165, 1.54) is 17.0 Å². The second-order valence-electron chi connectivity index (χ2n) is 7.88. The van der Waals surface area contributed by atoms with E-state index in [4.69, 9.17) is 32.7 Å². The average Bonchev–Trinajstić information content (AvgIpc) is 3.26. The number of benzene rings is 2. The fourth-order valence-electron chi connectivity index (χ4n) is 3.70. The topological polar surface area (TPSA) is 105 Å². The number of nitrogens with one attached hydrogen (secondary N) is 1. The Bertz CT molecular complexity index is 1210. The van der Waals surface area contributed by atoms with Crippen molar-refractivity contribution >= 4 is 50.7 Å². The summed E-state index contributed by atoms with van der Waals surface area (Å²) in [6.07, 6.45) is 1.32. The molecular weight excluding hydrogens is 517 g/mol. The van der Waals surface area contributed by atoms with Gasteiger partial charge in [0.15, 0.2) is 11.5 Å². The molecule has 0 radical (unpaired) electrons. The van der Waals surface area contributed by atoms with Gasteiger partial charge < -0.3 is 19.7 Å². The molecule has 1 N–H and O–H groups in total. The van der Waals surface area contributed by atoms with Crippen molar-refractivity contribution in [2.45, 2.75) is 32.9 Å². The molecule has 35 heavy (non-hydrogen) atoms. The molecule has 2 aromatic rings. The highest BCUT2D eigenvalue weighted by atomic mass is 35.5. The first-order chi connectivity index (χ1) is 16.5. The number of nitrogens with zero attached hydrogens (tertiary/aromatic N) is 2. The molecule has 1 aliphatic rings. The van der Waals surface area contributed by atoms with E-state index in [9.17, 15) is 18.0 Å². The van der Waals surface area contributed by atoms with Crippen molar-refractivity contribution in [3.63, 3.8) is 0 Å². The number of ether oxygens (including phenoxy) is 2. The van der Waals surface area contributed by atoms with Gasteiger partial charge in [0.25, 0.3) is 0 Å². The van der Waals surface area contributed by atoms with E-state index in [0.29, 0.717) is 40.1 Å². The van der Waals surface area contributed by atoms with Crippen molar-refractivity contribution in [2.24, 2.45) is 0 Å². The van der Waals surface area contributed by atoms with Crippen LogP contribution >= 0.6 is 23.2 Å². The largest absolute Gasteiger partial charge is 0.454 e. The van der Waals surface area contributed by atoms with Gasteiger partial charge in [-0.2, -0.15) is 0 Å². The molecule has 0 unspecified atom stereocenters. The summed E-state index contributed by atoms with van der Waals surface area (Å²) in [5, 5.41) is 3.50. The third kappa shape index (κ3) is 6.50. The van der Waals surface area contributed by atoms with Crippen LogP contribution in [0.15, 0.2) is 36.4 Å². The van der Waals surface area contributed by atoms with Crippen LogP contribution in [0.1, 0.15) is 25.8 Å². The second kappa shape index (κ2) is 11.4. The summed E-state index contributed by atoms with van der Waals surface area (Å²) in [7, 11) is -3.87. The number of hydrogen-bond donors (Lipinski definition) is 1. The second-order valence-corrected chi connectivity index (χ2v) is 10.6. The van der Waals surface area contributed by atoms with Gasteiger partial charge in [-0.3, -0.25) is 13.9 Å². The van der Waals surface area contributed by atoms with Crippen molar-refractivity contribution in [3.8, 4) is 11.5 Å². The molecule has 1 aliphatic heterocycles. The minimum Gasteiger partial charge on any atom is -0.454 e. The van der Waals surface area contributed by atoms with Gasteiger partial charge in [0.05, 0.1) is 11.9 Å². The third-order valence-electron chi connectivity index (χ3n) is 5.42. The molecule has 1 heterocycles. The number of likely N-dealkylation sites (N-methyl/N-ethyl adjacent to an activating group) is 1. The number of anilines is 1. The Kier molecular flexibility index (Phi) is 8.74. The number of rotatable bonds is 10. The zero-order valence-electron chi connectivity index (χ0n) is 19.6. The Morgan fingerprint density at radius 1 is 1.09 bits per heavy atom. The molecule has 0 bridgehead atoms. The van der Waals surface area contributed by atoms with Crippen LogP contribution in [-0.2, 0) is 26.2 Å². The molecule has 1 atom stereocenters. The van der Waals surface area contributed by atoms with Crippen molar-refractivity contribution in [2.75, 3.05) is 30.4 Å². The summed E-state index contributed by atoms with van der Waals surface area (Å²) in [6, 6.07) is 8.61. The van der Waals surface area contributed by atoms with Gasteiger partial charge in [-0.25, -0.2) is 8.42 Å². The highest BCUT2D eigenvalue weighted by molar-refractivity contribution is 7.92. The van der Waals surface area contributed by atoms with Crippen LogP contribution in [0.3, 0.4) is 0 Å². The fourth-order valence-corrected chi connectivity index (χ4v) is 5.01. The van der Waals surface area contributed by atoms with Crippen molar-refractivity contribution < 1.29 is 27.5 Å². The number of amides is 2. The molecule has 0 spiro atoms. The maximum atomic E-state index is 13.6. The van der Waals surface area contributed by atoms with E-state index in [1.54, 1.807) is 38.1 Å². The normalized spacial score (nSPS) is 13.3. The molecular formula is C23H27Cl2N3O6S. The number of carbonyl (C=O) groups is 2. The number of halogens is 2. The number of carbonyl (C=O) groups excluding carboxylic acids is 2. The van der Waals surface area contributed by atoms with E-state index < -0.39 is 28.5 Å². The maximum Gasteiger partial charge on any atom is 0.244 e. The van der Waals surface area contributed by atoms with Crippen LogP contribution in [0.5, 0.6) is 11.5 Å². The number of fused-ring (bicyclic) bond motifs is 1. The van der Waals surface area contributed by atoms with Gasteiger partial charge in [-0.15, -0.1) is 0 Å². The molecule has 12 heteroatoms. The van der Waals surface area contributed by atoms with E-state index in [0.717, 1.165) is 10.6 Å². The minimum atomic E-state index is -3.87. The number of sulfonamides is 1. The zero-order valence-corrected chi connectivity index (χ0v) is 21.9. The van der Waals surface area contributed by atoms with Crippen LogP contribution in [0, 0.1) is 0 Å². The average molecular weight is 544 g/mol. The van der Waals surface area contributed by atoms with Crippen LogP contribution in [0.4, 0.5) is 5.69 Å². The van der Waals surface area contributed by atoms with E-state index >= 15 is 0 Å². The molecule has 3 rings (SSSR count). The Labute approximate surface area is 214 Å². The smallest absolute Gasteiger partial charge is 0.244 e. The summed E-state index contributed by atoms with van der Waals surface area (Å²) < 4.78 is 37.0.